The van der Waals surface area contributed by atoms with Crippen LogP contribution >= 0.6 is 0 Å². The van der Waals surface area contributed by atoms with Gasteiger partial charge >= 0.3 is 0 Å². The van der Waals surface area contributed by atoms with Gasteiger partial charge in [-0.2, -0.15) is 0 Å². The van der Waals surface area contributed by atoms with E-state index in [1.807, 2.05) is 25.1 Å². The van der Waals surface area contributed by atoms with Crippen molar-refractivity contribution in [2.45, 2.75) is 11.8 Å². The van der Waals surface area contributed by atoms with Crippen molar-refractivity contribution < 1.29 is 17.9 Å². The van der Waals surface area contributed by atoms with Gasteiger partial charge in [0.15, 0.2) is 0 Å². The zero-order chi connectivity index (χ0) is 22.0. The van der Waals surface area contributed by atoms with Crippen LogP contribution in [-0.4, -0.2) is 27.5 Å². The number of nitrogens with one attached hydrogen (secondary N) is 1. The molecule has 3 aromatic carbocycles. The quantitative estimate of drug-likeness (QED) is 0.585. The van der Waals surface area contributed by atoms with Crippen LogP contribution in [0.1, 0.15) is 5.56 Å². The van der Waals surface area contributed by atoms with Crippen LogP contribution < -0.4 is 14.4 Å². The molecule has 1 heterocycles. The number of sulfonamides is 1. The topological polar surface area (TPSA) is 75.7 Å². The maximum absolute atomic E-state index is 13.3. The second kappa shape index (κ2) is 8.28. The Bertz CT molecular complexity index is 1270. The summed E-state index contributed by atoms with van der Waals surface area (Å²) in [5, 5.41) is 2.76. The zero-order valence-corrected chi connectivity index (χ0v) is 17.9. The van der Waals surface area contributed by atoms with Gasteiger partial charge < -0.3 is 10.1 Å². The first kappa shape index (κ1) is 20.7. The van der Waals surface area contributed by atoms with E-state index in [9.17, 15) is 13.2 Å². The second-order valence-electron chi connectivity index (χ2n) is 7.20. The SMILES string of the molecule is C=CCOc1cccc(NC(=O)CN2c3ccc(C)cc3-c3ccccc3S2(=O)=O)c1. The average molecular weight is 435 g/mol. The Morgan fingerprint density at radius 1 is 1.06 bits per heavy atom. The first-order chi connectivity index (χ1) is 14.9. The summed E-state index contributed by atoms with van der Waals surface area (Å²) in [5.74, 6) is 0.133. The Hall–Kier alpha value is -3.58. The Balaban J connectivity index is 1.64. The highest BCUT2D eigenvalue weighted by Crippen LogP contribution is 2.43. The molecule has 158 valence electrons. The van der Waals surface area contributed by atoms with Crippen LogP contribution in [0.5, 0.6) is 5.75 Å². The fourth-order valence-electron chi connectivity index (χ4n) is 3.57. The molecule has 0 atom stereocenters. The third kappa shape index (κ3) is 4.04. The lowest BCUT2D eigenvalue weighted by Crippen LogP contribution is -2.40. The van der Waals surface area contributed by atoms with E-state index in [0.29, 0.717) is 29.3 Å². The number of benzene rings is 3. The molecule has 1 aliphatic rings. The highest BCUT2D eigenvalue weighted by molar-refractivity contribution is 7.93. The Kier molecular flexibility index (Phi) is 5.52. The molecule has 7 heteroatoms. The number of anilines is 2. The normalized spacial score (nSPS) is 13.6. The Morgan fingerprint density at radius 2 is 1.87 bits per heavy atom. The lowest BCUT2D eigenvalue weighted by atomic mass is 10.0. The summed E-state index contributed by atoms with van der Waals surface area (Å²) in [5.41, 5.74) is 3.45. The molecule has 1 N–H and O–H groups in total. The average Bonchev–Trinajstić information content (AvgIpc) is 2.76. The molecule has 4 rings (SSSR count). The van der Waals surface area contributed by atoms with E-state index >= 15 is 0 Å². The van der Waals surface area contributed by atoms with Crippen LogP contribution in [0.4, 0.5) is 11.4 Å². The number of hydrogen-bond acceptors (Lipinski definition) is 4. The Labute approximate surface area is 181 Å². The highest BCUT2D eigenvalue weighted by Gasteiger charge is 2.35. The fraction of sp³-hybridized carbons (Fsp3) is 0.125. The van der Waals surface area contributed by atoms with Gasteiger partial charge in [-0.3, -0.25) is 9.10 Å². The first-order valence-electron chi connectivity index (χ1n) is 9.76. The van der Waals surface area contributed by atoms with Crippen molar-refractivity contribution in [3.63, 3.8) is 0 Å². The van der Waals surface area contributed by atoms with Crippen molar-refractivity contribution in [2.24, 2.45) is 0 Å². The number of nitrogens with zero attached hydrogens (tertiary/aromatic N) is 1. The molecule has 3 aromatic rings. The Morgan fingerprint density at radius 3 is 2.68 bits per heavy atom. The molecule has 1 amide bonds. The van der Waals surface area contributed by atoms with Crippen molar-refractivity contribution in [2.75, 3.05) is 22.8 Å². The molecule has 0 bridgehead atoms. The van der Waals surface area contributed by atoms with E-state index in [4.69, 9.17) is 4.74 Å². The summed E-state index contributed by atoms with van der Waals surface area (Å²) < 4.78 is 33.3. The van der Waals surface area contributed by atoms with E-state index in [1.54, 1.807) is 54.6 Å². The largest absolute Gasteiger partial charge is 0.489 e. The van der Waals surface area contributed by atoms with Gasteiger partial charge in [-0.25, -0.2) is 8.42 Å². The zero-order valence-electron chi connectivity index (χ0n) is 17.0. The molecule has 1 aliphatic heterocycles. The van der Waals surface area contributed by atoms with Crippen LogP contribution in [0.15, 0.2) is 84.3 Å². The van der Waals surface area contributed by atoms with Crippen molar-refractivity contribution in [3.8, 4) is 16.9 Å². The maximum atomic E-state index is 13.3. The molecule has 0 aliphatic carbocycles. The summed E-state index contributed by atoms with van der Waals surface area (Å²) in [4.78, 5) is 13.0. The number of carbonyl (C=O) groups is 1. The molecule has 0 saturated heterocycles. The predicted octanol–water partition coefficient (Wildman–Crippen LogP) is 4.37. The first-order valence-corrected chi connectivity index (χ1v) is 11.2. The number of aryl methyl sites for hydroxylation is 1. The molecule has 31 heavy (non-hydrogen) atoms. The van der Waals surface area contributed by atoms with Gasteiger partial charge in [-0.05, 0) is 37.3 Å². The minimum atomic E-state index is -3.88. The van der Waals surface area contributed by atoms with Crippen LogP contribution in [0.25, 0.3) is 11.1 Å². The van der Waals surface area contributed by atoms with E-state index < -0.39 is 15.9 Å². The number of rotatable bonds is 6. The van der Waals surface area contributed by atoms with Gasteiger partial charge in [-0.15, -0.1) is 0 Å². The molecule has 0 saturated carbocycles. The molecule has 0 aromatic heterocycles. The minimum absolute atomic E-state index is 0.195. The van der Waals surface area contributed by atoms with Gasteiger partial charge in [0.25, 0.3) is 10.0 Å². The lowest BCUT2D eigenvalue weighted by molar-refractivity contribution is -0.114. The van der Waals surface area contributed by atoms with Crippen LogP contribution in [0, 0.1) is 6.92 Å². The second-order valence-corrected chi connectivity index (χ2v) is 9.03. The number of hydrogen-bond donors (Lipinski definition) is 1. The molecular weight excluding hydrogens is 412 g/mol. The van der Waals surface area contributed by atoms with Crippen LogP contribution in [-0.2, 0) is 14.8 Å². The van der Waals surface area contributed by atoms with E-state index in [2.05, 4.69) is 11.9 Å². The van der Waals surface area contributed by atoms with Crippen LogP contribution in [0.2, 0.25) is 0 Å². The summed E-state index contributed by atoms with van der Waals surface area (Å²) in [6.07, 6.45) is 1.63. The standard InChI is InChI=1S/C24H22N2O4S/c1-3-13-30-19-8-6-7-18(15-19)25-24(27)16-26-22-12-11-17(2)14-21(22)20-9-4-5-10-23(20)31(26,28)29/h3-12,14-15H,1,13,16H2,2H3,(H,25,27). The van der Waals surface area contributed by atoms with Gasteiger partial charge in [0.2, 0.25) is 5.91 Å². The van der Waals surface area contributed by atoms with Crippen molar-refractivity contribution in [1.82, 2.24) is 0 Å². The molecular formula is C24H22N2O4S. The summed E-state index contributed by atoms with van der Waals surface area (Å²) in [7, 11) is -3.88. The van der Waals surface area contributed by atoms with Crippen LogP contribution in [0.3, 0.4) is 0 Å². The summed E-state index contributed by atoms with van der Waals surface area (Å²) in [6, 6.07) is 19.3. The maximum Gasteiger partial charge on any atom is 0.265 e. The van der Waals surface area contributed by atoms with E-state index in [-0.39, 0.29) is 11.4 Å². The van der Waals surface area contributed by atoms with Gasteiger partial charge in [0.1, 0.15) is 18.9 Å². The number of fused-ring (bicyclic) bond motifs is 3. The number of amides is 1. The monoisotopic (exact) mass is 434 g/mol. The number of carbonyl (C=O) groups excluding carboxylic acids is 1. The van der Waals surface area contributed by atoms with E-state index in [0.717, 1.165) is 15.4 Å². The smallest absolute Gasteiger partial charge is 0.265 e. The fourth-order valence-corrected chi connectivity index (χ4v) is 5.21. The van der Waals surface area contributed by atoms with Gasteiger partial charge in [0, 0.05) is 22.9 Å². The number of ether oxygens (including phenoxy) is 1. The minimum Gasteiger partial charge on any atom is -0.489 e. The van der Waals surface area contributed by atoms with E-state index in [1.165, 1.54) is 0 Å². The van der Waals surface area contributed by atoms with Gasteiger partial charge in [-0.1, -0.05) is 48.6 Å². The summed E-state index contributed by atoms with van der Waals surface area (Å²) in [6.45, 7) is 5.56. The summed E-state index contributed by atoms with van der Waals surface area (Å²) >= 11 is 0. The van der Waals surface area contributed by atoms with Crippen molar-refractivity contribution >= 4 is 27.3 Å². The molecule has 0 spiro atoms. The predicted molar refractivity (Wildman–Crippen MR) is 122 cm³/mol. The molecule has 0 fully saturated rings. The highest BCUT2D eigenvalue weighted by atomic mass is 32.2. The van der Waals surface area contributed by atoms with Crippen molar-refractivity contribution in [1.29, 1.82) is 0 Å². The lowest BCUT2D eigenvalue weighted by Gasteiger charge is -2.31. The third-order valence-corrected chi connectivity index (χ3v) is 6.76. The third-order valence-electron chi connectivity index (χ3n) is 4.94. The molecule has 0 radical (unpaired) electrons. The van der Waals surface area contributed by atoms with Crippen molar-refractivity contribution in [3.05, 3.63) is 84.9 Å². The van der Waals surface area contributed by atoms with Gasteiger partial charge in [0.05, 0.1) is 10.6 Å². The molecule has 6 nitrogen and oxygen atoms in total. The molecule has 0 unspecified atom stereocenters.